The lowest BCUT2D eigenvalue weighted by molar-refractivity contribution is 0.198. The van der Waals surface area contributed by atoms with Gasteiger partial charge in [0.05, 0.1) is 40.7 Å². The van der Waals surface area contributed by atoms with Gasteiger partial charge < -0.3 is 14.9 Å². The molecule has 0 aromatic carbocycles. The summed E-state index contributed by atoms with van der Waals surface area (Å²) >= 11 is 18.8. The highest BCUT2D eigenvalue weighted by Crippen LogP contribution is 2.33. The Labute approximate surface area is 164 Å². The normalized spacial score (nSPS) is 12.5. The molecule has 0 saturated carbocycles. The summed E-state index contributed by atoms with van der Waals surface area (Å²) in [4.78, 5) is 16.5. The number of fused-ring (bicyclic) bond motifs is 1. The van der Waals surface area contributed by atoms with Gasteiger partial charge in [0, 0.05) is 6.07 Å². The standard InChI is InChI=1S/C17H15Cl3N2O4/c1-2-3-4-11(18)16(20)22-10(9-24)7-13(25)14-15(22)12(19)8-21-17(14)26-6-5-23/h2-4,7-8,23-24H,1,5-6,9H2/b4-3-,16-11-. The zero-order chi connectivity index (χ0) is 19.3. The molecule has 2 aromatic rings. The molecule has 0 aliphatic heterocycles. The predicted molar refractivity (Wildman–Crippen MR) is 104 cm³/mol. The summed E-state index contributed by atoms with van der Waals surface area (Å²) in [6.45, 7) is 2.75. The van der Waals surface area contributed by atoms with Gasteiger partial charge in [-0.15, -0.1) is 0 Å². The molecule has 26 heavy (non-hydrogen) atoms. The number of aromatic nitrogens is 2. The fraction of sp³-hybridized carbons (Fsp3) is 0.176. The molecular weight excluding hydrogens is 403 g/mol. The highest BCUT2D eigenvalue weighted by molar-refractivity contribution is 6.53. The van der Waals surface area contributed by atoms with Crippen LogP contribution in [0.1, 0.15) is 5.69 Å². The summed E-state index contributed by atoms with van der Waals surface area (Å²) in [5.74, 6) is -0.0103. The van der Waals surface area contributed by atoms with E-state index in [9.17, 15) is 9.90 Å². The van der Waals surface area contributed by atoms with Gasteiger partial charge in [0.15, 0.2) is 5.43 Å². The van der Waals surface area contributed by atoms with E-state index in [2.05, 4.69) is 11.6 Å². The molecule has 0 aliphatic rings. The first-order valence-corrected chi connectivity index (χ1v) is 8.52. The molecule has 0 radical (unpaired) electrons. The van der Waals surface area contributed by atoms with E-state index in [4.69, 9.17) is 44.6 Å². The van der Waals surface area contributed by atoms with Crippen molar-refractivity contribution in [1.29, 1.82) is 0 Å². The molecule has 0 amide bonds. The van der Waals surface area contributed by atoms with Gasteiger partial charge in [0.25, 0.3) is 0 Å². The fourth-order valence-corrected chi connectivity index (χ4v) is 2.90. The molecule has 9 heteroatoms. The molecule has 0 aliphatic carbocycles. The van der Waals surface area contributed by atoms with Crippen LogP contribution in [0.5, 0.6) is 5.88 Å². The van der Waals surface area contributed by atoms with E-state index < -0.39 is 12.0 Å². The van der Waals surface area contributed by atoms with Crippen molar-refractivity contribution in [3.8, 4) is 5.88 Å². The smallest absolute Gasteiger partial charge is 0.227 e. The number of nitrogens with zero attached hydrogens (tertiary/aromatic N) is 2. The van der Waals surface area contributed by atoms with Crippen molar-refractivity contribution in [3.05, 3.63) is 63.0 Å². The number of hydrogen-bond acceptors (Lipinski definition) is 5. The van der Waals surface area contributed by atoms with Crippen LogP contribution in [0.2, 0.25) is 5.02 Å². The van der Waals surface area contributed by atoms with Crippen LogP contribution in [0.3, 0.4) is 0 Å². The summed E-state index contributed by atoms with van der Waals surface area (Å²) < 4.78 is 6.67. The molecule has 2 N–H and O–H groups in total. The molecule has 0 bridgehead atoms. The number of hydrogen-bond donors (Lipinski definition) is 2. The summed E-state index contributed by atoms with van der Waals surface area (Å²) in [5, 5.41) is 18.9. The quantitative estimate of drug-likeness (QED) is 0.676. The Hall–Kier alpha value is -1.83. The molecule has 0 atom stereocenters. The Bertz CT molecular complexity index is 951. The molecule has 0 unspecified atom stereocenters. The van der Waals surface area contributed by atoms with Crippen LogP contribution >= 0.6 is 34.8 Å². The van der Waals surface area contributed by atoms with Gasteiger partial charge in [0.2, 0.25) is 5.88 Å². The van der Waals surface area contributed by atoms with Crippen LogP contribution in [-0.4, -0.2) is 33.0 Å². The first kappa shape index (κ1) is 20.5. The van der Waals surface area contributed by atoms with E-state index in [1.165, 1.54) is 29.0 Å². The number of allylic oxidation sites excluding steroid dienone is 4. The molecule has 6 nitrogen and oxygen atoms in total. The first-order chi connectivity index (χ1) is 12.5. The van der Waals surface area contributed by atoms with E-state index in [-0.39, 0.29) is 50.9 Å². The monoisotopic (exact) mass is 416 g/mol. The Morgan fingerprint density at radius 1 is 1.38 bits per heavy atom. The number of rotatable bonds is 7. The second kappa shape index (κ2) is 9.21. The largest absolute Gasteiger partial charge is 0.475 e. The van der Waals surface area contributed by atoms with E-state index in [1.54, 1.807) is 6.08 Å². The number of halogens is 3. The molecule has 2 heterocycles. The average molecular weight is 418 g/mol. The Morgan fingerprint density at radius 2 is 2.12 bits per heavy atom. The highest BCUT2D eigenvalue weighted by atomic mass is 35.5. The number of aliphatic hydroxyl groups is 2. The van der Waals surface area contributed by atoms with Crippen molar-refractivity contribution in [1.82, 2.24) is 9.55 Å². The third kappa shape index (κ3) is 4.11. The predicted octanol–water partition coefficient (Wildman–Crippen LogP) is 3.26. The first-order valence-electron chi connectivity index (χ1n) is 7.38. The SMILES string of the molecule is C=C/C=C\C(Cl)=C(/Cl)n1c(CO)cc(=O)c2c(OCCO)ncc(Cl)c21. The Kier molecular flexibility index (Phi) is 7.25. The second-order valence-corrected chi connectivity index (χ2v) is 6.11. The van der Waals surface area contributed by atoms with Crippen molar-refractivity contribution in [2.75, 3.05) is 13.2 Å². The molecule has 0 saturated heterocycles. The molecule has 0 fully saturated rings. The fourth-order valence-electron chi connectivity index (χ4n) is 2.25. The van der Waals surface area contributed by atoms with Crippen LogP contribution in [0.4, 0.5) is 0 Å². The van der Waals surface area contributed by atoms with Gasteiger partial charge in [-0.05, 0) is 6.08 Å². The van der Waals surface area contributed by atoms with Crippen molar-refractivity contribution >= 4 is 50.9 Å². The summed E-state index contributed by atoms with van der Waals surface area (Å²) in [7, 11) is 0. The van der Waals surface area contributed by atoms with Gasteiger partial charge in [-0.2, -0.15) is 0 Å². The van der Waals surface area contributed by atoms with Crippen LogP contribution < -0.4 is 10.2 Å². The van der Waals surface area contributed by atoms with Crippen LogP contribution in [0.15, 0.2) is 46.9 Å². The average Bonchev–Trinajstić information content (AvgIpc) is 2.64. The van der Waals surface area contributed by atoms with Crippen molar-refractivity contribution < 1.29 is 14.9 Å². The topological polar surface area (TPSA) is 84.6 Å². The maximum absolute atomic E-state index is 12.5. The third-order valence-corrected chi connectivity index (χ3v) is 4.34. The lowest BCUT2D eigenvalue weighted by Gasteiger charge is -2.17. The third-order valence-electron chi connectivity index (χ3n) is 3.29. The van der Waals surface area contributed by atoms with E-state index in [0.717, 1.165) is 0 Å². The maximum Gasteiger partial charge on any atom is 0.227 e. The summed E-state index contributed by atoms with van der Waals surface area (Å²) in [6, 6.07) is 1.19. The summed E-state index contributed by atoms with van der Waals surface area (Å²) in [5.41, 5.74) is -0.106. The molecular formula is C17H15Cl3N2O4. The van der Waals surface area contributed by atoms with Gasteiger partial charge >= 0.3 is 0 Å². The van der Waals surface area contributed by atoms with Crippen LogP contribution in [-0.2, 0) is 6.61 Å². The zero-order valence-corrected chi connectivity index (χ0v) is 15.7. The zero-order valence-electron chi connectivity index (χ0n) is 13.5. The number of pyridine rings is 2. The highest BCUT2D eigenvalue weighted by Gasteiger charge is 2.20. The maximum atomic E-state index is 12.5. The molecule has 2 rings (SSSR count). The van der Waals surface area contributed by atoms with E-state index in [1.807, 2.05) is 0 Å². The van der Waals surface area contributed by atoms with Crippen molar-refractivity contribution in [2.24, 2.45) is 0 Å². The molecule has 138 valence electrons. The number of ether oxygens (including phenoxy) is 1. The van der Waals surface area contributed by atoms with Gasteiger partial charge in [-0.1, -0.05) is 53.5 Å². The lowest BCUT2D eigenvalue weighted by atomic mass is 10.2. The number of aliphatic hydroxyl groups excluding tert-OH is 2. The Balaban J connectivity index is 2.92. The lowest BCUT2D eigenvalue weighted by Crippen LogP contribution is -2.16. The second-order valence-electron chi connectivity index (χ2n) is 4.93. The van der Waals surface area contributed by atoms with Crippen LogP contribution in [0.25, 0.3) is 16.1 Å². The van der Waals surface area contributed by atoms with Gasteiger partial charge in [-0.3, -0.25) is 9.36 Å². The van der Waals surface area contributed by atoms with Crippen molar-refractivity contribution in [3.63, 3.8) is 0 Å². The minimum Gasteiger partial charge on any atom is -0.475 e. The van der Waals surface area contributed by atoms with Crippen molar-refractivity contribution in [2.45, 2.75) is 6.61 Å². The van der Waals surface area contributed by atoms with Crippen LogP contribution in [0, 0.1) is 0 Å². The summed E-state index contributed by atoms with van der Waals surface area (Å²) in [6.07, 6.45) is 5.87. The minimum absolute atomic E-state index is 0.0103. The van der Waals surface area contributed by atoms with E-state index in [0.29, 0.717) is 0 Å². The van der Waals surface area contributed by atoms with Gasteiger partial charge in [0.1, 0.15) is 17.1 Å². The molecule has 2 aromatic heterocycles. The molecule has 0 spiro atoms. The minimum atomic E-state index is -0.484. The Morgan fingerprint density at radius 3 is 2.73 bits per heavy atom. The van der Waals surface area contributed by atoms with E-state index >= 15 is 0 Å². The van der Waals surface area contributed by atoms with Gasteiger partial charge in [-0.25, -0.2) is 4.98 Å².